The molecule has 4 aromatic heterocycles. The number of thiophene rings is 2. The number of para-hydroxylation sites is 1. The summed E-state index contributed by atoms with van der Waals surface area (Å²) < 4.78 is 7.47. The van der Waals surface area contributed by atoms with Gasteiger partial charge in [0.1, 0.15) is 5.82 Å². The van der Waals surface area contributed by atoms with Crippen molar-refractivity contribution in [2.45, 2.75) is 0 Å². The average molecular weight is 610 g/mol. The van der Waals surface area contributed by atoms with E-state index >= 15 is 0 Å². The minimum Gasteiger partial charge on any atom is -0.294 e. The highest BCUT2D eigenvalue weighted by Gasteiger charge is 2.19. The summed E-state index contributed by atoms with van der Waals surface area (Å²) in [6, 6.07) is 49.8. The van der Waals surface area contributed by atoms with Crippen molar-refractivity contribution in [3.8, 4) is 28.5 Å². The monoisotopic (exact) mass is 609 g/mol. The van der Waals surface area contributed by atoms with Gasteiger partial charge in [0.25, 0.3) is 0 Å². The van der Waals surface area contributed by atoms with Gasteiger partial charge >= 0.3 is 0 Å². The van der Waals surface area contributed by atoms with Crippen molar-refractivity contribution in [1.29, 1.82) is 0 Å². The lowest BCUT2D eigenvalue weighted by Crippen LogP contribution is -2.02. The van der Waals surface area contributed by atoms with Gasteiger partial charge in [0.05, 0.1) is 16.7 Å². The highest BCUT2D eigenvalue weighted by molar-refractivity contribution is 7.26. The first kappa shape index (κ1) is 25.0. The first-order valence-electron chi connectivity index (χ1n) is 15.0. The molecule has 3 nitrogen and oxygen atoms in total. The maximum Gasteiger partial charge on any atom is 0.162 e. The standard InChI is InChI=1S/C40H23N3S2/c1-2-11-24(12-3-1)40-41-32(29-17-10-16-28-26-14-5-9-20-36(26)45-39(28)29)23-38(42-40)43-33-18-7-4-13-25(33)30-22-37-31(21-34(30)43)27-15-6-8-19-35(27)44-37/h1-23H. The molecule has 0 fully saturated rings. The lowest BCUT2D eigenvalue weighted by atomic mass is 10.1. The van der Waals surface area contributed by atoms with Crippen LogP contribution in [-0.2, 0) is 0 Å². The molecule has 0 saturated heterocycles. The van der Waals surface area contributed by atoms with Crippen LogP contribution in [0.4, 0.5) is 0 Å². The van der Waals surface area contributed by atoms with Gasteiger partial charge in [-0.3, -0.25) is 4.57 Å². The van der Waals surface area contributed by atoms with Gasteiger partial charge in [-0.25, -0.2) is 9.97 Å². The Morgan fingerprint density at radius 3 is 1.98 bits per heavy atom. The molecule has 210 valence electrons. The smallest absolute Gasteiger partial charge is 0.162 e. The molecule has 45 heavy (non-hydrogen) atoms. The fraction of sp³-hybridized carbons (Fsp3) is 0. The van der Waals surface area contributed by atoms with Crippen LogP contribution in [0.5, 0.6) is 0 Å². The summed E-state index contributed by atoms with van der Waals surface area (Å²) in [5.74, 6) is 1.58. The zero-order valence-corrected chi connectivity index (χ0v) is 25.6. The highest BCUT2D eigenvalue weighted by Crippen LogP contribution is 2.42. The van der Waals surface area contributed by atoms with Crippen molar-refractivity contribution in [2.75, 3.05) is 0 Å². The Morgan fingerprint density at radius 1 is 0.444 bits per heavy atom. The molecule has 0 unspecified atom stereocenters. The van der Waals surface area contributed by atoms with Crippen LogP contribution >= 0.6 is 22.7 Å². The molecule has 0 N–H and O–H groups in total. The molecular formula is C40H23N3S2. The molecule has 0 amide bonds. The van der Waals surface area contributed by atoms with Crippen LogP contribution in [0.25, 0.3) is 90.6 Å². The molecule has 0 saturated carbocycles. The summed E-state index contributed by atoms with van der Waals surface area (Å²) in [4.78, 5) is 10.5. The molecule has 0 radical (unpaired) electrons. The Kier molecular flexibility index (Phi) is 5.32. The predicted molar refractivity (Wildman–Crippen MR) is 193 cm³/mol. The zero-order valence-electron chi connectivity index (χ0n) is 23.9. The number of benzene rings is 6. The zero-order chi connectivity index (χ0) is 29.5. The molecule has 10 aromatic rings. The lowest BCUT2D eigenvalue weighted by molar-refractivity contribution is 1.05. The Labute approximate surface area is 266 Å². The Bertz CT molecular complexity index is 2770. The molecule has 0 atom stereocenters. The van der Waals surface area contributed by atoms with Crippen molar-refractivity contribution >= 4 is 84.8 Å². The van der Waals surface area contributed by atoms with Crippen LogP contribution < -0.4 is 0 Å². The van der Waals surface area contributed by atoms with E-state index in [1.807, 2.05) is 28.7 Å². The second kappa shape index (κ2) is 9.57. The molecular weight excluding hydrogens is 587 g/mol. The summed E-state index contributed by atoms with van der Waals surface area (Å²) in [7, 11) is 0. The first-order valence-corrected chi connectivity index (χ1v) is 16.6. The van der Waals surface area contributed by atoms with E-state index in [2.05, 4.69) is 138 Å². The van der Waals surface area contributed by atoms with Crippen molar-refractivity contribution in [1.82, 2.24) is 14.5 Å². The van der Waals surface area contributed by atoms with E-state index in [0.717, 1.165) is 33.7 Å². The fourth-order valence-corrected chi connectivity index (χ4v) is 9.14. The Hall–Kier alpha value is -5.36. The van der Waals surface area contributed by atoms with Crippen molar-refractivity contribution in [3.05, 3.63) is 140 Å². The van der Waals surface area contributed by atoms with Crippen molar-refractivity contribution < 1.29 is 0 Å². The van der Waals surface area contributed by atoms with E-state index in [9.17, 15) is 0 Å². The Morgan fingerprint density at radius 2 is 1.13 bits per heavy atom. The SMILES string of the molecule is c1ccc(-c2nc(-c3cccc4c3sc3ccccc34)cc(-n3c4ccccc4c4cc5sc6ccccc6c5cc43)n2)cc1. The van der Waals surface area contributed by atoms with Gasteiger partial charge in [0, 0.05) is 68.3 Å². The normalized spacial score (nSPS) is 12.0. The van der Waals surface area contributed by atoms with Crippen LogP contribution in [0.3, 0.4) is 0 Å². The van der Waals surface area contributed by atoms with E-state index in [0.29, 0.717) is 5.82 Å². The average Bonchev–Trinajstić information content (AvgIpc) is 3.76. The maximum atomic E-state index is 5.28. The van der Waals surface area contributed by atoms with Crippen molar-refractivity contribution in [3.63, 3.8) is 0 Å². The van der Waals surface area contributed by atoms with Crippen LogP contribution in [0.1, 0.15) is 0 Å². The topological polar surface area (TPSA) is 30.7 Å². The highest BCUT2D eigenvalue weighted by atomic mass is 32.1. The van der Waals surface area contributed by atoms with E-state index in [1.165, 1.54) is 51.1 Å². The summed E-state index contributed by atoms with van der Waals surface area (Å²) in [5, 5.41) is 7.57. The van der Waals surface area contributed by atoms with E-state index in [1.54, 1.807) is 0 Å². The minimum atomic E-state index is 0.717. The largest absolute Gasteiger partial charge is 0.294 e. The van der Waals surface area contributed by atoms with E-state index < -0.39 is 0 Å². The number of fused-ring (bicyclic) bond motifs is 9. The van der Waals surface area contributed by atoms with E-state index in [4.69, 9.17) is 9.97 Å². The lowest BCUT2D eigenvalue weighted by Gasteiger charge is -2.12. The maximum absolute atomic E-state index is 5.28. The number of nitrogens with zero attached hydrogens (tertiary/aromatic N) is 3. The molecule has 0 aliphatic heterocycles. The van der Waals surface area contributed by atoms with Crippen LogP contribution in [0, 0.1) is 0 Å². The molecule has 0 spiro atoms. The summed E-state index contributed by atoms with van der Waals surface area (Å²) in [6.07, 6.45) is 0. The molecule has 0 aliphatic rings. The minimum absolute atomic E-state index is 0.717. The summed E-state index contributed by atoms with van der Waals surface area (Å²) in [5.41, 5.74) is 5.33. The van der Waals surface area contributed by atoms with Gasteiger partial charge < -0.3 is 0 Å². The second-order valence-electron chi connectivity index (χ2n) is 11.4. The Balaban J connectivity index is 1.31. The summed E-state index contributed by atoms with van der Waals surface area (Å²) >= 11 is 3.69. The van der Waals surface area contributed by atoms with Gasteiger partial charge in [-0.05, 0) is 30.3 Å². The van der Waals surface area contributed by atoms with Gasteiger partial charge in [-0.15, -0.1) is 22.7 Å². The molecule has 10 rings (SSSR count). The number of hydrogen-bond donors (Lipinski definition) is 0. The fourth-order valence-electron chi connectivity index (χ4n) is 6.79. The van der Waals surface area contributed by atoms with Gasteiger partial charge in [-0.1, -0.05) is 103 Å². The molecule has 5 heteroatoms. The third kappa shape index (κ3) is 3.75. The quantitative estimate of drug-likeness (QED) is 0.199. The van der Waals surface area contributed by atoms with Crippen LogP contribution in [0.15, 0.2) is 140 Å². The van der Waals surface area contributed by atoms with Crippen LogP contribution in [0.2, 0.25) is 0 Å². The van der Waals surface area contributed by atoms with Gasteiger partial charge in [-0.2, -0.15) is 0 Å². The van der Waals surface area contributed by atoms with Crippen molar-refractivity contribution in [2.24, 2.45) is 0 Å². The molecule has 0 bridgehead atoms. The molecule has 0 aliphatic carbocycles. The van der Waals surface area contributed by atoms with Crippen LogP contribution in [-0.4, -0.2) is 14.5 Å². The number of hydrogen-bond acceptors (Lipinski definition) is 4. The molecule has 6 aromatic carbocycles. The summed E-state index contributed by atoms with van der Waals surface area (Å²) in [6.45, 7) is 0. The number of rotatable bonds is 3. The van der Waals surface area contributed by atoms with Gasteiger partial charge in [0.2, 0.25) is 0 Å². The van der Waals surface area contributed by atoms with Gasteiger partial charge in [0.15, 0.2) is 5.82 Å². The predicted octanol–water partition coefficient (Wildman–Crippen LogP) is 11.6. The third-order valence-electron chi connectivity index (χ3n) is 8.83. The number of aromatic nitrogens is 3. The molecule has 4 heterocycles. The third-order valence-corrected chi connectivity index (χ3v) is 11.2. The second-order valence-corrected chi connectivity index (χ2v) is 13.5. The van der Waals surface area contributed by atoms with E-state index in [-0.39, 0.29) is 0 Å². The first-order chi connectivity index (χ1) is 22.3.